The highest BCUT2D eigenvalue weighted by molar-refractivity contribution is 6.07. The number of nitrogens with zero attached hydrogens (tertiary/aromatic N) is 2. The number of benzene rings is 2. The minimum atomic E-state index is -0.253. The van der Waals surface area contributed by atoms with E-state index in [0.717, 1.165) is 57.5 Å². The van der Waals surface area contributed by atoms with Gasteiger partial charge in [-0.3, -0.25) is 9.59 Å². The molecule has 0 aliphatic carbocycles. The topological polar surface area (TPSA) is 61.9 Å². The fraction of sp³-hybridized carbons (Fsp3) is 0.481. The number of para-hydroxylation sites is 1. The summed E-state index contributed by atoms with van der Waals surface area (Å²) in [7, 11) is 1.55. The van der Waals surface area contributed by atoms with Crippen LogP contribution < -0.4 is 15.0 Å². The first-order valence-electron chi connectivity index (χ1n) is 12.1. The van der Waals surface area contributed by atoms with E-state index in [1.165, 1.54) is 0 Å². The lowest BCUT2D eigenvalue weighted by Gasteiger charge is -2.35. The summed E-state index contributed by atoms with van der Waals surface area (Å²) in [6.07, 6.45) is 4.32. The Bertz CT molecular complexity index is 990. The molecule has 6 heteroatoms. The van der Waals surface area contributed by atoms with Crippen molar-refractivity contribution in [1.29, 1.82) is 0 Å². The first kappa shape index (κ1) is 23.1. The molecule has 0 atom stereocenters. The molecule has 33 heavy (non-hydrogen) atoms. The summed E-state index contributed by atoms with van der Waals surface area (Å²) in [5, 5.41) is 2.97. The van der Waals surface area contributed by atoms with Gasteiger partial charge in [0.05, 0.1) is 18.2 Å². The van der Waals surface area contributed by atoms with Crippen LogP contribution in [0.25, 0.3) is 0 Å². The average molecular weight is 450 g/mol. The number of amides is 2. The van der Waals surface area contributed by atoms with Crippen LogP contribution in [0, 0.1) is 11.8 Å². The zero-order valence-corrected chi connectivity index (χ0v) is 20.0. The van der Waals surface area contributed by atoms with E-state index in [1.807, 2.05) is 35.2 Å². The van der Waals surface area contributed by atoms with E-state index < -0.39 is 0 Å². The zero-order chi connectivity index (χ0) is 23.4. The lowest BCUT2D eigenvalue weighted by molar-refractivity contribution is 0.0697. The highest BCUT2D eigenvalue weighted by Gasteiger charge is 2.27. The first-order chi connectivity index (χ1) is 16.0. The van der Waals surface area contributed by atoms with Gasteiger partial charge in [0, 0.05) is 37.6 Å². The number of rotatable bonds is 5. The van der Waals surface area contributed by atoms with Crippen molar-refractivity contribution in [2.45, 2.75) is 39.5 Å². The Morgan fingerprint density at radius 3 is 2.18 bits per heavy atom. The highest BCUT2D eigenvalue weighted by Crippen LogP contribution is 2.31. The molecule has 2 aromatic carbocycles. The maximum atomic E-state index is 13.6. The van der Waals surface area contributed by atoms with Gasteiger partial charge in [-0.2, -0.15) is 0 Å². The third-order valence-corrected chi connectivity index (χ3v) is 7.03. The van der Waals surface area contributed by atoms with Gasteiger partial charge in [-0.25, -0.2) is 0 Å². The maximum Gasteiger partial charge on any atom is 0.259 e. The number of likely N-dealkylation sites (tertiary alicyclic amines) is 1. The van der Waals surface area contributed by atoms with Crippen molar-refractivity contribution in [1.82, 2.24) is 4.90 Å². The van der Waals surface area contributed by atoms with Crippen LogP contribution >= 0.6 is 0 Å². The molecule has 2 fully saturated rings. The van der Waals surface area contributed by atoms with Crippen LogP contribution in [-0.2, 0) is 0 Å². The molecule has 2 aliphatic rings. The van der Waals surface area contributed by atoms with E-state index in [9.17, 15) is 9.59 Å². The smallest absolute Gasteiger partial charge is 0.259 e. The molecule has 176 valence electrons. The zero-order valence-electron chi connectivity index (χ0n) is 20.0. The second-order valence-corrected chi connectivity index (χ2v) is 9.53. The van der Waals surface area contributed by atoms with Crippen molar-refractivity contribution < 1.29 is 14.3 Å². The van der Waals surface area contributed by atoms with Crippen LogP contribution in [0.1, 0.15) is 60.2 Å². The average Bonchev–Trinajstić information content (AvgIpc) is 2.84. The molecule has 0 radical (unpaired) electrons. The van der Waals surface area contributed by atoms with Crippen molar-refractivity contribution in [3.05, 3.63) is 53.6 Å². The van der Waals surface area contributed by atoms with Gasteiger partial charge in [0.2, 0.25) is 0 Å². The van der Waals surface area contributed by atoms with Crippen molar-refractivity contribution in [3.8, 4) is 5.75 Å². The Morgan fingerprint density at radius 2 is 1.52 bits per heavy atom. The van der Waals surface area contributed by atoms with Gasteiger partial charge in [-0.15, -0.1) is 0 Å². The SMILES string of the molecule is COc1ccccc1C(=O)Nc1ccc(N2CCC(C)CC2)c(C(=O)N2CCC(C)CC2)c1. The maximum absolute atomic E-state index is 13.6. The molecule has 0 saturated carbocycles. The Labute approximate surface area is 196 Å². The van der Waals surface area contributed by atoms with Gasteiger partial charge in [-0.1, -0.05) is 26.0 Å². The number of methoxy groups -OCH3 is 1. The minimum Gasteiger partial charge on any atom is -0.496 e. The van der Waals surface area contributed by atoms with Crippen LogP contribution in [0.2, 0.25) is 0 Å². The predicted octanol–water partition coefficient (Wildman–Crippen LogP) is 5.06. The monoisotopic (exact) mass is 449 g/mol. The van der Waals surface area contributed by atoms with E-state index in [4.69, 9.17) is 4.74 Å². The minimum absolute atomic E-state index is 0.0592. The second kappa shape index (κ2) is 10.3. The molecular formula is C27H35N3O3. The van der Waals surface area contributed by atoms with Gasteiger partial charge in [0.25, 0.3) is 11.8 Å². The molecule has 2 aromatic rings. The molecule has 4 rings (SSSR count). The summed E-state index contributed by atoms with van der Waals surface area (Å²) in [4.78, 5) is 30.8. The van der Waals surface area contributed by atoms with Crippen molar-refractivity contribution in [3.63, 3.8) is 0 Å². The first-order valence-corrected chi connectivity index (χ1v) is 12.1. The Hall–Kier alpha value is -3.02. The van der Waals surface area contributed by atoms with Crippen molar-refractivity contribution >= 4 is 23.2 Å². The number of ether oxygens (including phenoxy) is 1. The number of anilines is 2. The second-order valence-electron chi connectivity index (χ2n) is 9.53. The van der Waals surface area contributed by atoms with Gasteiger partial charge < -0.3 is 19.9 Å². The van der Waals surface area contributed by atoms with Crippen molar-refractivity contribution in [2.24, 2.45) is 11.8 Å². The predicted molar refractivity (Wildman–Crippen MR) is 132 cm³/mol. The number of nitrogens with one attached hydrogen (secondary N) is 1. The summed E-state index contributed by atoms with van der Waals surface area (Å²) in [6.45, 7) is 8.00. The lowest BCUT2D eigenvalue weighted by atomic mass is 9.96. The molecular weight excluding hydrogens is 414 g/mol. The van der Waals surface area contributed by atoms with Crippen molar-refractivity contribution in [2.75, 3.05) is 43.5 Å². The van der Waals surface area contributed by atoms with Crippen LogP contribution in [0.15, 0.2) is 42.5 Å². The fourth-order valence-electron chi connectivity index (χ4n) is 4.72. The highest BCUT2D eigenvalue weighted by atomic mass is 16.5. The van der Waals surface area contributed by atoms with Crippen LogP contribution in [0.4, 0.5) is 11.4 Å². The van der Waals surface area contributed by atoms with Gasteiger partial charge in [0.1, 0.15) is 5.75 Å². The molecule has 1 N–H and O–H groups in total. The Kier molecular flexibility index (Phi) is 7.21. The van der Waals surface area contributed by atoms with Gasteiger partial charge in [-0.05, 0) is 67.9 Å². The standard InChI is InChI=1S/C27H35N3O3/c1-19-10-14-29(15-11-19)24-9-8-21(28-26(31)22-6-4-5-7-25(22)33-3)18-23(24)27(32)30-16-12-20(2)13-17-30/h4-9,18-20H,10-17H2,1-3H3,(H,28,31). The summed E-state index contributed by atoms with van der Waals surface area (Å²) in [6, 6.07) is 12.9. The molecule has 2 saturated heterocycles. The molecule has 0 aromatic heterocycles. The van der Waals surface area contributed by atoms with Gasteiger partial charge in [0.15, 0.2) is 0 Å². The lowest BCUT2D eigenvalue weighted by Crippen LogP contribution is -2.40. The molecule has 2 heterocycles. The quantitative estimate of drug-likeness (QED) is 0.693. The summed E-state index contributed by atoms with van der Waals surface area (Å²) >= 11 is 0. The molecule has 0 bridgehead atoms. The normalized spacial score (nSPS) is 17.7. The Balaban J connectivity index is 1.62. The number of hydrogen-bond acceptors (Lipinski definition) is 4. The molecule has 2 amide bonds. The van der Waals surface area contributed by atoms with Gasteiger partial charge >= 0.3 is 0 Å². The van der Waals surface area contributed by atoms with E-state index in [1.54, 1.807) is 19.2 Å². The summed E-state index contributed by atoms with van der Waals surface area (Å²) in [5.41, 5.74) is 2.73. The third-order valence-electron chi connectivity index (χ3n) is 7.03. The van der Waals surface area contributed by atoms with E-state index >= 15 is 0 Å². The number of piperidine rings is 2. The van der Waals surface area contributed by atoms with Crippen LogP contribution in [-0.4, -0.2) is 50.0 Å². The number of carbonyl (C=O) groups excluding carboxylic acids is 2. The molecule has 0 spiro atoms. The Morgan fingerprint density at radius 1 is 0.879 bits per heavy atom. The van der Waals surface area contributed by atoms with Crippen LogP contribution in [0.3, 0.4) is 0 Å². The fourth-order valence-corrected chi connectivity index (χ4v) is 4.72. The molecule has 0 unspecified atom stereocenters. The van der Waals surface area contributed by atoms with Crippen LogP contribution in [0.5, 0.6) is 5.75 Å². The number of carbonyl (C=O) groups is 2. The summed E-state index contributed by atoms with van der Waals surface area (Å²) < 4.78 is 5.33. The molecule has 6 nitrogen and oxygen atoms in total. The van der Waals surface area contributed by atoms with E-state index in [-0.39, 0.29) is 11.8 Å². The van der Waals surface area contributed by atoms with E-state index in [0.29, 0.717) is 34.4 Å². The largest absolute Gasteiger partial charge is 0.496 e. The molecule has 2 aliphatic heterocycles. The van der Waals surface area contributed by atoms with E-state index in [2.05, 4.69) is 24.1 Å². The summed E-state index contributed by atoms with van der Waals surface area (Å²) in [5.74, 6) is 1.70. The third kappa shape index (κ3) is 5.32. The number of hydrogen-bond donors (Lipinski definition) is 1.